The summed E-state index contributed by atoms with van der Waals surface area (Å²) >= 11 is 0. The maximum atomic E-state index is 11.7. The highest BCUT2D eigenvalue weighted by atomic mass is 16.2. The van der Waals surface area contributed by atoms with E-state index in [-0.39, 0.29) is 11.7 Å². The molecule has 1 aromatic heterocycles. The maximum Gasteiger partial charge on any atom is 0.324 e. The molecule has 17 heavy (non-hydrogen) atoms. The number of imide groups is 1. The van der Waals surface area contributed by atoms with Crippen molar-refractivity contribution < 1.29 is 9.59 Å². The second kappa shape index (κ2) is 5.40. The highest BCUT2D eigenvalue weighted by molar-refractivity contribution is 6.03. The van der Waals surface area contributed by atoms with Gasteiger partial charge in [0, 0.05) is 32.4 Å². The van der Waals surface area contributed by atoms with Gasteiger partial charge < -0.3 is 10.2 Å². The average Bonchev–Trinajstić information content (AvgIpc) is 2.40. The molecule has 0 spiro atoms. The molecule has 3 amide bonds. The fourth-order valence-electron chi connectivity index (χ4n) is 1.61. The largest absolute Gasteiger partial charge is 0.324 e. The summed E-state index contributed by atoms with van der Waals surface area (Å²) in [4.78, 5) is 28.9. The van der Waals surface area contributed by atoms with E-state index in [2.05, 4.69) is 15.6 Å². The molecule has 2 heterocycles. The van der Waals surface area contributed by atoms with Crippen molar-refractivity contribution in [3.8, 4) is 0 Å². The van der Waals surface area contributed by atoms with Gasteiger partial charge in [-0.25, -0.2) is 4.79 Å². The van der Waals surface area contributed by atoms with Crippen molar-refractivity contribution in [3.63, 3.8) is 0 Å². The van der Waals surface area contributed by atoms with Gasteiger partial charge in [0.1, 0.15) is 5.69 Å². The van der Waals surface area contributed by atoms with Gasteiger partial charge in [0.25, 0.3) is 5.91 Å². The van der Waals surface area contributed by atoms with Crippen LogP contribution in [0.1, 0.15) is 10.5 Å². The number of carbonyl (C=O) groups excluding carboxylic acids is 2. The van der Waals surface area contributed by atoms with Crippen molar-refractivity contribution >= 4 is 11.9 Å². The van der Waals surface area contributed by atoms with Crippen LogP contribution in [0.3, 0.4) is 0 Å². The minimum atomic E-state index is -0.464. The number of nitrogens with one attached hydrogen (secondary N) is 2. The number of hydrogen-bond donors (Lipinski definition) is 2. The van der Waals surface area contributed by atoms with Gasteiger partial charge in [-0.05, 0) is 12.1 Å². The topological polar surface area (TPSA) is 74.3 Å². The standard InChI is InChI=1S/C11H14N4O2/c16-10(9-3-1-2-4-13-9)14-11(17)15-7-5-12-6-8-15/h1-4,12H,5-8H2,(H,14,16,17). The summed E-state index contributed by atoms with van der Waals surface area (Å²) in [7, 11) is 0. The molecule has 90 valence electrons. The van der Waals surface area contributed by atoms with E-state index in [0.29, 0.717) is 13.1 Å². The fourth-order valence-corrected chi connectivity index (χ4v) is 1.61. The third-order valence-corrected chi connectivity index (χ3v) is 2.52. The Labute approximate surface area is 99.0 Å². The Kier molecular flexibility index (Phi) is 3.66. The number of pyridine rings is 1. The zero-order chi connectivity index (χ0) is 12.1. The minimum absolute atomic E-state index is 0.246. The van der Waals surface area contributed by atoms with Crippen molar-refractivity contribution in [2.24, 2.45) is 0 Å². The Morgan fingerprint density at radius 3 is 2.71 bits per heavy atom. The molecule has 2 rings (SSSR count). The first kappa shape index (κ1) is 11.5. The van der Waals surface area contributed by atoms with Crippen molar-refractivity contribution in [2.45, 2.75) is 0 Å². The Morgan fingerprint density at radius 2 is 2.06 bits per heavy atom. The average molecular weight is 234 g/mol. The third kappa shape index (κ3) is 3.01. The van der Waals surface area contributed by atoms with Crippen LogP contribution in [0.15, 0.2) is 24.4 Å². The molecule has 0 aromatic carbocycles. The summed E-state index contributed by atoms with van der Waals surface area (Å²) < 4.78 is 0. The summed E-state index contributed by atoms with van der Waals surface area (Å²) in [5.41, 5.74) is 0.246. The smallest absolute Gasteiger partial charge is 0.322 e. The van der Waals surface area contributed by atoms with Crippen molar-refractivity contribution in [1.82, 2.24) is 20.5 Å². The van der Waals surface area contributed by atoms with Crippen LogP contribution < -0.4 is 10.6 Å². The van der Waals surface area contributed by atoms with Gasteiger partial charge in [0.05, 0.1) is 0 Å². The van der Waals surface area contributed by atoms with Crippen LogP contribution in [0.5, 0.6) is 0 Å². The summed E-state index contributed by atoms with van der Waals surface area (Å²) in [5, 5.41) is 5.46. The number of hydrogen-bond acceptors (Lipinski definition) is 4. The summed E-state index contributed by atoms with van der Waals surface area (Å²) in [5.74, 6) is -0.464. The van der Waals surface area contributed by atoms with E-state index >= 15 is 0 Å². The number of urea groups is 1. The van der Waals surface area contributed by atoms with Crippen molar-refractivity contribution in [3.05, 3.63) is 30.1 Å². The van der Waals surface area contributed by atoms with E-state index in [0.717, 1.165) is 13.1 Å². The molecule has 1 aromatic rings. The number of rotatable bonds is 1. The summed E-state index contributed by atoms with van der Waals surface area (Å²) in [6.45, 7) is 2.74. The molecule has 1 aliphatic heterocycles. The molecule has 0 radical (unpaired) electrons. The lowest BCUT2D eigenvalue weighted by atomic mass is 10.3. The lowest BCUT2D eigenvalue weighted by molar-refractivity contribution is 0.0945. The summed E-state index contributed by atoms with van der Waals surface area (Å²) in [6, 6.07) is 4.63. The first-order valence-corrected chi connectivity index (χ1v) is 5.49. The number of piperazine rings is 1. The molecule has 1 saturated heterocycles. The first-order chi connectivity index (χ1) is 8.27. The van der Waals surface area contributed by atoms with Crippen LogP contribution in [0.4, 0.5) is 4.79 Å². The molecule has 0 bridgehead atoms. The van der Waals surface area contributed by atoms with Crippen molar-refractivity contribution in [2.75, 3.05) is 26.2 Å². The van der Waals surface area contributed by atoms with Gasteiger partial charge in [0.2, 0.25) is 0 Å². The molecule has 0 unspecified atom stereocenters. The molecule has 1 aliphatic rings. The second-order valence-corrected chi connectivity index (χ2v) is 3.71. The predicted octanol–water partition coefficient (Wildman–Crippen LogP) is -0.163. The molecule has 6 nitrogen and oxygen atoms in total. The predicted molar refractivity (Wildman–Crippen MR) is 61.5 cm³/mol. The molecular formula is C11H14N4O2. The molecular weight excluding hydrogens is 220 g/mol. The van der Waals surface area contributed by atoms with Crippen molar-refractivity contribution in [1.29, 1.82) is 0 Å². The zero-order valence-corrected chi connectivity index (χ0v) is 9.35. The molecule has 0 atom stereocenters. The number of aromatic nitrogens is 1. The van der Waals surface area contributed by atoms with Gasteiger partial charge in [0.15, 0.2) is 0 Å². The van der Waals surface area contributed by atoms with Crippen LogP contribution in [0.2, 0.25) is 0 Å². The van der Waals surface area contributed by atoms with Gasteiger partial charge >= 0.3 is 6.03 Å². The van der Waals surface area contributed by atoms with Gasteiger partial charge in [-0.3, -0.25) is 15.1 Å². The second-order valence-electron chi connectivity index (χ2n) is 3.71. The normalized spacial score (nSPS) is 15.4. The Bertz CT molecular complexity index is 401. The van der Waals surface area contributed by atoms with Crippen LogP contribution in [-0.4, -0.2) is 48.0 Å². The SMILES string of the molecule is O=C(NC(=O)N1CCNCC1)c1ccccn1. The Morgan fingerprint density at radius 1 is 1.29 bits per heavy atom. The first-order valence-electron chi connectivity index (χ1n) is 5.49. The van der Waals surface area contributed by atoms with Crippen LogP contribution in [0.25, 0.3) is 0 Å². The van der Waals surface area contributed by atoms with Crippen LogP contribution in [-0.2, 0) is 0 Å². The van der Waals surface area contributed by atoms with E-state index in [1.54, 1.807) is 23.1 Å². The fraction of sp³-hybridized carbons (Fsp3) is 0.364. The monoisotopic (exact) mass is 234 g/mol. The van der Waals surface area contributed by atoms with E-state index < -0.39 is 5.91 Å². The molecule has 2 N–H and O–H groups in total. The van der Waals surface area contributed by atoms with Crippen LogP contribution >= 0.6 is 0 Å². The molecule has 6 heteroatoms. The zero-order valence-electron chi connectivity index (χ0n) is 9.35. The van der Waals surface area contributed by atoms with Gasteiger partial charge in [-0.1, -0.05) is 6.07 Å². The number of carbonyl (C=O) groups is 2. The quantitative estimate of drug-likeness (QED) is 0.708. The molecule has 1 fully saturated rings. The molecule has 0 saturated carbocycles. The highest BCUT2D eigenvalue weighted by Gasteiger charge is 2.19. The van der Waals surface area contributed by atoms with E-state index in [9.17, 15) is 9.59 Å². The number of amides is 3. The Hall–Kier alpha value is -1.95. The number of nitrogens with zero attached hydrogens (tertiary/aromatic N) is 2. The van der Waals surface area contributed by atoms with Crippen LogP contribution in [0, 0.1) is 0 Å². The van der Waals surface area contributed by atoms with E-state index in [1.807, 2.05) is 0 Å². The lowest BCUT2D eigenvalue weighted by Gasteiger charge is -2.27. The van der Waals surface area contributed by atoms with Gasteiger partial charge in [-0.2, -0.15) is 0 Å². The maximum absolute atomic E-state index is 11.7. The van der Waals surface area contributed by atoms with E-state index in [1.165, 1.54) is 6.20 Å². The highest BCUT2D eigenvalue weighted by Crippen LogP contribution is 1.96. The lowest BCUT2D eigenvalue weighted by Crippen LogP contribution is -2.51. The third-order valence-electron chi connectivity index (χ3n) is 2.52. The van der Waals surface area contributed by atoms with E-state index in [4.69, 9.17) is 0 Å². The summed E-state index contributed by atoms with van der Waals surface area (Å²) in [6.07, 6.45) is 1.52. The molecule has 0 aliphatic carbocycles. The Balaban J connectivity index is 1.92. The van der Waals surface area contributed by atoms with Gasteiger partial charge in [-0.15, -0.1) is 0 Å². The minimum Gasteiger partial charge on any atom is -0.322 e.